The molecule has 0 radical (unpaired) electrons. The number of benzene rings is 1. The third kappa shape index (κ3) is 3.46. The van der Waals surface area contributed by atoms with E-state index in [0.717, 1.165) is 5.56 Å². The summed E-state index contributed by atoms with van der Waals surface area (Å²) in [5.41, 5.74) is 7.18. The maximum atomic E-state index is 12.2. The van der Waals surface area contributed by atoms with Gasteiger partial charge in [-0.3, -0.25) is 4.79 Å². The largest absolute Gasteiger partial charge is 0.334 e. The van der Waals surface area contributed by atoms with E-state index < -0.39 is 0 Å². The van der Waals surface area contributed by atoms with Gasteiger partial charge in [0.2, 0.25) is 5.91 Å². The third-order valence-corrected chi connectivity index (χ3v) is 3.98. The summed E-state index contributed by atoms with van der Waals surface area (Å²) >= 11 is 12.2. The molecule has 1 heterocycles. The topological polar surface area (TPSA) is 46.3 Å². The molecule has 3 nitrogen and oxygen atoms in total. The molecular weight excluding hydrogens is 295 g/mol. The third-order valence-electron chi connectivity index (χ3n) is 3.54. The highest BCUT2D eigenvalue weighted by atomic mass is 35.5. The average Bonchev–Trinajstić information content (AvgIpc) is 2.32. The molecule has 1 aliphatic rings. The molecule has 2 atom stereocenters. The number of piperidine rings is 1. The van der Waals surface area contributed by atoms with Gasteiger partial charge < -0.3 is 10.6 Å². The summed E-state index contributed by atoms with van der Waals surface area (Å²) in [4.78, 5) is 14.1. The molecule has 1 aliphatic heterocycles. The van der Waals surface area contributed by atoms with Crippen molar-refractivity contribution in [2.75, 3.05) is 6.54 Å². The predicted molar refractivity (Wildman–Crippen MR) is 83.0 cm³/mol. The van der Waals surface area contributed by atoms with Crippen LogP contribution in [0, 0.1) is 5.92 Å². The maximum absolute atomic E-state index is 12.2. The zero-order valence-electron chi connectivity index (χ0n) is 11.8. The Kier molecular flexibility index (Phi) is 4.95. The maximum Gasteiger partial charge on any atom is 0.223 e. The smallest absolute Gasteiger partial charge is 0.223 e. The second kappa shape index (κ2) is 6.33. The Hall–Kier alpha value is -0.770. The van der Waals surface area contributed by atoms with Crippen LogP contribution >= 0.6 is 23.2 Å². The van der Waals surface area contributed by atoms with Gasteiger partial charge in [-0.2, -0.15) is 0 Å². The molecule has 2 unspecified atom stereocenters. The van der Waals surface area contributed by atoms with Gasteiger partial charge in [-0.15, -0.1) is 0 Å². The number of carbonyl (C=O) groups is 1. The van der Waals surface area contributed by atoms with Crippen LogP contribution in [0.1, 0.15) is 38.3 Å². The van der Waals surface area contributed by atoms with E-state index in [1.165, 1.54) is 0 Å². The molecule has 1 amide bonds. The Bertz CT molecular complexity index is 484. The molecule has 0 aliphatic carbocycles. The number of nitrogens with two attached hydrogens (primary N) is 1. The number of hydrogen-bond acceptors (Lipinski definition) is 2. The van der Waals surface area contributed by atoms with Crippen molar-refractivity contribution in [1.29, 1.82) is 0 Å². The molecule has 0 spiro atoms. The van der Waals surface area contributed by atoms with Crippen LogP contribution in [0.5, 0.6) is 0 Å². The number of nitrogens with zero attached hydrogens (tertiary/aromatic N) is 1. The number of halogens is 2. The van der Waals surface area contributed by atoms with Crippen LogP contribution in [-0.4, -0.2) is 23.4 Å². The molecule has 0 aromatic heterocycles. The highest BCUT2D eigenvalue weighted by Gasteiger charge is 2.35. The quantitative estimate of drug-likeness (QED) is 0.925. The number of hydrogen-bond donors (Lipinski definition) is 1. The van der Waals surface area contributed by atoms with Crippen LogP contribution in [0.2, 0.25) is 10.0 Å². The van der Waals surface area contributed by atoms with Crippen molar-refractivity contribution >= 4 is 29.1 Å². The summed E-state index contributed by atoms with van der Waals surface area (Å²) < 4.78 is 0. The van der Waals surface area contributed by atoms with E-state index in [0.29, 0.717) is 35.3 Å². The molecule has 20 heavy (non-hydrogen) atoms. The lowest BCUT2D eigenvalue weighted by molar-refractivity contribution is -0.138. The predicted octanol–water partition coefficient (Wildman–Crippen LogP) is 3.64. The first-order valence-corrected chi connectivity index (χ1v) is 7.65. The van der Waals surface area contributed by atoms with Gasteiger partial charge in [0.1, 0.15) is 0 Å². The minimum absolute atomic E-state index is 0.0824. The zero-order valence-corrected chi connectivity index (χ0v) is 13.3. The van der Waals surface area contributed by atoms with Gasteiger partial charge >= 0.3 is 0 Å². The van der Waals surface area contributed by atoms with E-state index in [-0.39, 0.29) is 18.0 Å². The van der Waals surface area contributed by atoms with Gasteiger partial charge in [-0.25, -0.2) is 0 Å². The summed E-state index contributed by atoms with van der Waals surface area (Å²) in [7, 11) is 0. The van der Waals surface area contributed by atoms with Crippen molar-refractivity contribution in [3.63, 3.8) is 0 Å². The molecule has 5 heteroatoms. The molecule has 2 N–H and O–H groups in total. The lowest BCUT2D eigenvalue weighted by Crippen LogP contribution is -2.50. The number of rotatable bonds is 3. The molecular formula is C15H20Cl2N2O. The Morgan fingerprint density at radius 2 is 1.90 bits per heavy atom. The Labute approximate surface area is 130 Å². The van der Waals surface area contributed by atoms with Gasteiger partial charge in [-0.1, -0.05) is 37.0 Å². The minimum Gasteiger partial charge on any atom is -0.334 e. The van der Waals surface area contributed by atoms with E-state index >= 15 is 0 Å². The van der Waals surface area contributed by atoms with E-state index in [4.69, 9.17) is 28.9 Å². The molecule has 1 aromatic carbocycles. The fourth-order valence-corrected chi connectivity index (χ4v) is 3.30. The second-order valence-electron chi connectivity index (χ2n) is 5.79. The Balaban J connectivity index is 2.38. The molecule has 2 rings (SSSR count). The lowest BCUT2D eigenvalue weighted by Gasteiger charge is -2.41. The van der Waals surface area contributed by atoms with Crippen molar-refractivity contribution in [1.82, 2.24) is 4.90 Å². The van der Waals surface area contributed by atoms with Crippen molar-refractivity contribution < 1.29 is 4.79 Å². The first-order chi connectivity index (χ1) is 9.38. The van der Waals surface area contributed by atoms with Crippen LogP contribution in [0.15, 0.2) is 18.2 Å². The van der Waals surface area contributed by atoms with Crippen LogP contribution in [-0.2, 0) is 4.79 Å². The second-order valence-corrected chi connectivity index (χ2v) is 6.66. The van der Waals surface area contributed by atoms with Gasteiger partial charge in [0, 0.05) is 29.1 Å². The molecule has 0 saturated carbocycles. The number of amides is 1. The summed E-state index contributed by atoms with van der Waals surface area (Å²) in [5.74, 6) is 0.544. The van der Waals surface area contributed by atoms with Crippen LogP contribution in [0.25, 0.3) is 0 Å². The number of carbonyl (C=O) groups excluding carboxylic acids is 1. The van der Waals surface area contributed by atoms with E-state index in [1.54, 1.807) is 6.07 Å². The van der Waals surface area contributed by atoms with Crippen molar-refractivity contribution in [3.8, 4) is 0 Å². The lowest BCUT2D eigenvalue weighted by atomic mass is 9.90. The zero-order chi connectivity index (χ0) is 14.9. The number of likely N-dealkylation sites (tertiary alicyclic amines) is 1. The van der Waals surface area contributed by atoms with Crippen LogP contribution < -0.4 is 5.73 Å². The standard InChI is InChI=1S/C15H20Cl2N2O/c1-9(2)8-19-14(20)4-3-13(18)15(19)10-5-11(16)7-12(17)6-10/h5-7,9,13,15H,3-4,8,18H2,1-2H3. The molecule has 1 fully saturated rings. The SMILES string of the molecule is CC(C)CN1C(=O)CCC(N)C1c1cc(Cl)cc(Cl)c1. The van der Waals surface area contributed by atoms with E-state index in [9.17, 15) is 4.79 Å². The van der Waals surface area contributed by atoms with Gasteiger partial charge in [-0.05, 0) is 36.1 Å². The Morgan fingerprint density at radius 1 is 1.30 bits per heavy atom. The van der Waals surface area contributed by atoms with Gasteiger partial charge in [0.15, 0.2) is 0 Å². The first-order valence-electron chi connectivity index (χ1n) is 6.89. The van der Waals surface area contributed by atoms with E-state index in [1.807, 2.05) is 17.0 Å². The fourth-order valence-electron chi connectivity index (χ4n) is 2.76. The minimum atomic E-state index is -0.144. The molecule has 110 valence electrons. The average molecular weight is 315 g/mol. The summed E-state index contributed by atoms with van der Waals surface area (Å²) in [6.07, 6.45) is 1.21. The van der Waals surface area contributed by atoms with Gasteiger partial charge in [0.05, 0.1) is 6.04 Å². The fraction of sp³-hybridized carbons (Fsp3) is 0.533. The normalized spacial score (nSPS) is 23.5. The molecule has 1 aromatic rings. The van der Waals surface area contributed by atoms with Crippen LogP contribution in [0.4, 0.5) is 0 Å². The molecule has 1 saturated heterocycles. The Morgan fingerprint density at radius 3 is 2.45 bits per heavy atom. The van der Waals surface area contributed by atoms with E-state index in [2.05, 4.69) is 13.8 Å². The van der Waals surface area contributed by atoms with Crippen LogP contribution in [0.3, 0.4) is 0 Å². The van der Waals surface area contributed by atoms with Crippen molar-refractivity contribution in [3.05, 3.63) is 33.8 Å². The van der Waals surface area contributed by atoms with Crippen molar-refractivity contribution in [2.45, 2.75) is 38.8 Å². The van der Waals surface area contributed by atoms with Crippen molar-refractivity contribution in [2.24, 2.45) is 11.7 Å². The summed E-state index contributed by atoms with van der Waals surface area (Å²) in [5, 5.41) is 1.14. The van der Waals surface area contributed by atoms with Gasteiger partial charge in [0.25, 0.3) is 0 Å². The summed E-state index contributed by atoms with van der Waals surface area (Å²) in [6, 6.07) is 5.17. The monoisotopic (exact) mass is 314 g/mol. The highest BCUT2D eigenvalue weighted by molar-refractivity contribution is 6.34. The summed E-state index contributed by atoms with van der Waals surface area (Å²) in [6.45, 7) is 4.88. The first kappa shape index (κ1) is 15.6. The highest BCUT2D eigenvalue weighted by Crippen LogP contribution is 2.34. The molecule has 0 bridgehead atoms.